The Balaban J connectivity index is -0.0000000803. The number of Topliss-reactive ketones (excluding diaryl/α,β-unsaturated/α-hetero) is 3. The van der Waals surface area contributed by atoms with Crippen LogP contribution >= 0.6 is 24.8 Å². The summed E-state index contributed by atoms with van der Waals surface area (Å²) in [6.07, 6.45) is 10.7. The third-order valence-electron chi connectivity index (χ3n) is 4.31. The molecule has 0 aromatic rings. The molecular weight excluding hydrogens is 779 g/mol. The van der Waals surface area contributed by atoms with Crippen LogP contribution in [-0.4, -0.2) is 58.5 Å². The third kappa shape index (κ3) is 68.7. The summed E-state index contributed by atoms with van der Waals surface area (Å²) in [5, 5.41) is 0. The number of carbonyl (C=O) groups is 3. The van der Waals surface area contributed by atoms with Crippen molar-refractivity contribution in [2.45, 2.75) is 91.4 Å². The number of hydrogen-bond donors (Lipinski definition) is 0. The molecule has 0 bridgehead atoms. The van der Waals surface area contributed by atoms with Crippen LogP contribution < -0.4 is 0 Å². The van der Waals surface area contributed by atoms with Gasteiger partial charge in [-0.15, -0.1) is 27.1 Å². The molecule has 0 aromatic heterocycles. The Morgan fingerprint density at radius 3 is 0.864 bits per heavy atom. The van der Waals surface area contributed by atoms with Gasteiger partial charge in [0.05, 0.1) is 21.3 Å². The Labute approximate surface area is 287 Å². The van der Waals surface area contributed by atoms with E-state index in [1.54, 1.807) is 0 Å². The predicted molar refractivity (Wildman–Crippen MR) is 152 cm³/mol. The Hall–Kier alpha value is -0.320. The average Bonchev–Trinajstić information content (AvgIpc) is 3.58. The molecule has 0 heterocycles. The van der Waals surface area contributed by atoms with E-state index in [-0.39, 0.29) is 53.6 Å². The normalized spacial score (nSPS) is 11.3. The van der Waals surface area contributed by atoms with E-state index in [4.69, 9.17) is 9.30 Å². The van der Waals surface area contributed by atoms with Gasteiger partial charge in [-0.2, -0.15) is 0 Å². The Morgan fingerprint density at radius 2 is 0.727 bits per heavy atom. The monoisotopic (exact) mass is 825 g/mol. The van der Waals surface area contributed by atoms with E-state index in [1.165, 1.54) is 74.2 Å². The molecule has 0 spiro atoms. The minimum absolute atomic E-state index is 0. The van der Waals surface area contributed by atoms with E-state index in [2.05, 4.69) is 40.4 Å². The zero-order valence-corrected chi connectivity index (χ0v) is 31.5. The molecular formula is C25H46CoO14P3Rh+3. The van der Waals surface area contributed by atoms with Gasteiger partial charge in [-0.1, -0.05) is 32.1 Å². The number of carbonyl (C=O) groups excluding carboxylic acids is 3. The Bertz CT molecular complexity index is 672. The summed E-state index contributed by atoms with van der Waals surface area (Å²) < 4.78 is 73.5. The molecule has 1 aliphatic carbocycles. The van der Waals surface area contributed by atoms with Crippen molar-refractivity contribution >= 4 is 42.1 Å². The first-order chi connectivity index (χ1) is 20.0. The van der Waals surface area contributed by atoms with E-state index in [9.17, 15) is 28.1 Å². The SMILES string of the molecule is C1CCCC1.CO[P+](=O)OCCCC(C)=O.CO[P+](=O)OCCCC(C)=O.CO[P+](=O)OCCCC(C)=O.[C-]#[O+].[C-]#[O+].[Co].[Rh]. The van der Waals surface area contributed by atoms with Gasteiger partial charge in [-0.25, -0.2) is 0 Å². The van der Waals surface area contributed by atoms with Crippen molar-refractivity contribution < 1.29 is 101 Å². The first-order valence-corrected chi connectivity index (χ1v) is 16.1. The van der Waals surface area contributed by atoms with Gasteiger partial charge in [0.2, 0.25) is 0 Å². The maximum atomic E-state index is 10.5. The molecule has 1 rings (SSSR count). The molecule has 0 saturated heterocycles. The quantitative estimate of drug-likeness (QED) is 0.0456. The molecule has 1 aliphatic rings. The summed E-state index contributed by atoms with van der Waals surface area (Å²) in [5.41, 5.74) is 0. The first kappa shape index (κ1) is 59.1. The second-order valence-corrected chi connectivity index (χ2v) is 11.1. The van der Waals surface area contributed by atoms with Crippen LogP contribution in [0.15, 0.2) is 0 Å². The van der Waals surface area contributed by atoms with Crippen molar-refractivity contribution in [2.75, 3.05) is 41.2 Å². The third-order valence-corrected chi connectivity index (χ3v) is 6.38. The van der Waals surface area contributed by atoms with Crippen LogP contribution in [0.3, 0.4) is 0 Å². The second kappa shape index (κ2) is 52.2. The summed E-state index contributed by atoms with van der Waals surface area (Å²) in [7, 11) is -1.98. The van der Waals surface area contributed by atoms with Crippen molar-refractivity contribution in [3.05, 3.63) is 13.3 Å². The minimum Gasteiger partial charge on any atom is 0 e. The topological polar surface area (TPSA) is 198 Å². The molecule has 3 unspecified atom stereocenters. The maximum absolute atomic E-state index is 10.5. The summed E-state index contributed by atoms with van der Waals surface area (Å²) in [4.78, 5) is 31.2. The smallest absolute Gasteiger partial charge is 0 e. The molecule has 14 nitrogen and oxygen atoms in total. The van der Waals surface area contributed by atoms with Gasteiger partial charge in [0.25, 0.3) is 0 Å². The summed E-state index contributed by atoms with van der Waals surface area (Å²) >= 11 is 0. The summed E-state index contributed by atoms with van der Waals surface area (Å²) in [6.45, 7) is 14.5. The zero-order valence-electron chi connectivity index (χ0n) is 26.1. The van der Waals surface area contributed by atoms with E-state index in [0.717, 1.165) is 0 Å². The fourth-order valence-electron chi connectivity index (χ4n) is 2.42. The van der Waals surface area contributed by atoms with Gasteiger partial charge in [0, 0.05) is 69.2 Å². The predicted octanol–water partition coefficient (Wildman–Crippen LogP) is 6.90. The second-order valence-electron chi connectivity index (χ2n) is 7.90. The van der Waals surface area contributed by atoms with E-state index in [1.807, 2.05) is 0 Å². The minimum atomic E-state index is -1.97. The van der Waals surface area contributed by atoms with Crippen molar-refractivity contribution in [2.24, 2.45) is 0 Å². The molecule has 0 N–H and O–H groups in total. The van der Waals surface area contributed by atoms with Crippen LogP contribution in [0.2, 0.25) is 0 Å². The average molecular weight is 825 g/mol. The number of ketones is 3. The molecule has 1 saturated carbocycles. The van der Waals surface area contributed by atoms with Crippen molar-refractivity contribution in [3.8, 4) is 0 Å². The van der Waals surface area contributed by atoms with E-state index in [0.29, 0.717) is 58.3 Å². The zero-order chi connectivity index (χ0) is 33.6. The summed E-state index contributed by atoms with van der Waals surface area (Å²) in [6, 6.07) is 0. The molecule has 0 aromatic carbocycles. The van der Waals surface area contributed by atoms with Crippen molar-refractivity contribution in [1.82, 2.24) is 0 Å². The fourth-order valence-corrected chi connectivity index (χ4v) is 3.57. The van der Waals surface area contributed by atoms with Gasteiger partial charge >= 0.3 is 47.4 Å². The van der Waals surface area contributed by atoms with Crippen LogP contribution in [-0.2, 0) is 101 Å². The van der Waals surface area contributed by atoms with Crippen molar-refractivity contribution in [3.63, 3.8) is 0 Å². The van der Waals surface area contributed by atoms with E-state index >= 15 is 0 Å². The number of rotatable bonds is 18. The molecule has 1 fully saturated rings. The van der Waals surface area contributed by atoms with Gasteiger partial charge < -0.3 is 14.4 Å². The Kier molecular flexibility index (Phi) is 70.2. The maximum Gasteiger partial charge on any atom is 0 e. The fraction of sp³-hybridized carbons (Fsp3) is 0.800. The van der Waals surface area contributed by atoms with Crippen molar-refractivity contribution in [1.29, 1.82) is 0 Å². The molecule has 2 radical (unpaired) electrons. The Morgan fingerprint density at radius 1 is 0.545 bits per heavy atom. The van der Waals surface area contributed by atoms with Gasteiger partial charge in [-0.05, 0) is 40.0 Å². The van der Waals surface area contributed by atoms with Crippen LogP contribution in [0, 0.1) is 13.3 Å². The van der Waals surface area contributed by atoms with Gasteiger partial charge in [0.15, 0.2) is 0 Å². The summed E-state index contributed by atoms with van der Waals surface area (Å²) in [5.74, 6) is 0.337. The van der Waals surface area contributed by atoms with Crippen LogP contribution in [0.1, 0.15) is 91.4 Å². The molecule has 0 amide bonds. The molecule has 3 atom stereocenters. The molecule has 260 valence electrons. The van der Waals surface area contributed by atoms with Crippen LogP contribution in [0.25, 0.3) is 0 Å². The number of hydrogen-bond acceptors (Lipinski definition) is 12. The largest absolute Gasteiger partial charge is 0 e. The molecule has 44 heavy (non-hydrogen) atoms. The first-order valence-electron chi connectivity index (χ1n) is 12.8. The standard InChI is InChI=1S/3C6H12O4P.C5H10.2CO.Co.Rh/c3*1-6(7)4-3-5-10-11(8)9-2;1-2-4-5-3-1;2*1-2;;/h3*3-5H2,1-2H3;1-5H2;;;;/q3*+1;;;;;. The van der Waals surface area contributed by atoms with Crippen LogP contribution in [0.5, 0.6) is 0 Å². The van der Waals surface area contributed by atoms with Gasteiger partial charge in [-0.3, -0.25) is 0 Å². The van der Waals surface area contributed by atoms with E-state index < -0.39 is 24.8 Å². The molecule has 19 heteroatoms. The van der Waals surface area contributed by atoms with Gasteiger partial charge in [0.1, 0.15) is 37.2 Å². The molecule has 0 aliphatic heterocycles. The van der Waals surface area contributed by atoms with Crippen LogP contribution in [0.4, 0.5) is 0 Å².